The number of carbonyl (C=O) groups is 1. The monoisotopic (exact) mass is 183 g/mol. The van der Waals surface area contributed by atoms with Crippen molar-refractivity contribution in [2.75, 3.05) is 19.1 Å². The Hall–Kier alpha value is -1.58. The zero-order chi connectivity index (χ0) is 9.84. The van der Waals surface area contributed by atoms with Crippen molar-refractivity contribution in [2.45, 2.75) is 0 Å². The van der Waals surface area contributed by atoms with Gasteiger partial charge in [0, 0.05) is 13.1 Å². The molecule has 0 aliphatic carbocycles. The molecule has 0 N–H and O–H groups in total. The molecule has 13 heavy (non-hydrogen) atoms. The summed E-state index contributed by atoms with van der Waals surface area (Å²) in [5.41, 5.74) is 0.232. The highest BCUT2D eigenvalue weighted by molar-refractivity contribution is 5.74. The van der Waals surface area contributed by atoms with Gasteiger partial charge in [-0.15, -0.1) is 0 Å². The second-order valence-corrected chi connectivity index (χ2v) is 2.53. The summed E-state index contributed by atoms with van der Waals surface area (Å²) in [5.74, 6) is -0.0468. The van der Waals surface area contributed by atoms with Gasteiger partial charge in [0.1, 0.15) is 5.75 Å². The summed E-state index contributed by atoms with van der Waals surface area (Å²) >= 11 is 0. The number of hydrogen-bond acceptors (Lipinski definition) is 2. The molecule has 0 unspecified atom stereocenters. The van der Waals surface area contributed by atoms with Gasteiger partial charge in [0.15, 0.2) is 5.82 Å². The molecule has 0 saturated heterocycles. The van der Waals surface area contributed by atoms with E-state index < -0.39 is 5.82 Å². The summed E-state index contributed by atoms with van der Waals surface area (Å²) in [6.45, 7) is 0. The maximum Gasteiger partial charge on any atom is 0.213 e. The average Bonchev–Trinajstić information content (AvgIpc) is 2.16. The largest absolute Gasteiger partial charge is 0.497 e. The summed E-state index contributed by atoms with van der Waals surface area (Å²) in [6, 6.07) is 4.32. The molecule has 1 rings (SSSR count). The van der Waals surface area contributed by atoms with Gasteiger partial charge in [-0.2, -0.15) is 0 Å². The first-order valence-corrected chi connectivity index (χ1v) is 3.70. The lowest BCUT2D eigenvalue weighted by atomic mass is 10.3. The lowest BCUT2D eigenvalue weighted by Crippen LogP contribution is -2.15. The first-order chi connectivity index (χ1) is 6.19. The molecule has 0 spiro atoms. The fourth-order valence-electron chi connectivity index (χ4n) is 0.957. The Morgan fingerprint density at radius 3 is 2.69 bits per heavy atom. The number of rotatable bonds is 3. The number of carbonyl (C=O) groups excluding carboxylic acids is 1. The van der Waals surface area contributed by atoms with E-state index in [0.29, 0.717) is 12.2 Å². The van der Waals surface area contributed by atoms with Crippen LogP contribution in [0.15, 0.2) is 18.2 Å². The molecule has 1 amide bonds. The number of nitrogens with zero attached hydrogens (tertiary/aromatic N) is 1. The number of anilines is 1. The minimum Gasteiger partial charge on any atom is -0.497 e. The third kappa shape index (κ3) is 1.96. The van der Waals surface area contributed by atoms with Gasteiger partial charge in [-0.25, -0.2) is 4.39 Å². The molecule has 70 valence electrons. The second kappa shape index (κ2) is 3.89. The smallest absolute Gasteiger partial charge is 0.213 e. The van der Waals surface area contributed by atoms with Gasteiger partial charge in [-0.1, -0.05) is 0 Å². The molecule has 0 atom stereocenters. The number of halogens is 1. The van der Waals surface area contributed by atoms with Gasteiger partial charge in [-0.3, -0.25) is 4.79 Å². The Labute approximate surface area is 75.7 Å². The lowest BCUT2D eigenvalue weighted by Gasteiger charge is -2.11. The Balaban J connectivity index is 3.04. The summed E-state index contributed by atoms with van der Waals surface area (Å²) in [7, 11) is 2.94. The van der Waals surface area contributed by atoms with Crippen molar-refractivity contribution >= 4 is 12.1 Å². The van der Waals surface area contributed by atoms with E-state index >= 15 is 0 Å². The molecule has 0 aliphatic rings. The van der Waals surface area contributed by atoms with Crippen LogP contribution in [0.5, 0.6) is 5.75 Å². The van der Waals surface area contributed by atoms with Crippen LogP contribution in [0.2, 0.25) is 0 Å². The van der Waals surface area contributed by atoms with E-state index in [1.165, 1.54) is 26.3 Å². The first-order valence-electron chi connectivity index (χ1n) is 3.70. The zero-order valence-electron chi connectivity index (χ0n) is 7.45. The summed E-state index contributed by atoms with van der Waals surface area (Å²) in [5, 5.41) is 0. The quantitative estimate of drug-likeness (QED) is 0.663. The standard InChI is InChI=1S/C9H10FNO2/c1-11(6-12)9-4-3-7(13-2)5-8(9)10/h3-6H,1-2H3. The molecule has 0 radical (unpaired) electrons. The van der Waals surface area contributed by atoms with Gasteiger partial charge >= 0.3 is 0 Å². The fraction of sp³-hybridized carbons (Fsp3) is 0.222. The SMILES string of the molecule is COc1ccc(N(C)C=O)c(F)c1. The Morgan fingerprint density at radius 1 is 1.54 bits per heavy atom. The van der Waals surface area contributed by atoms with E-state index in [2.05, 4.69) is 0 Å². The third-order valence-corrected chi connectivity index (χ3v) is 1.69. The number of hydrogen-bond donors (Lipinski definition) is 0. The van der Waals surface area contributed by atoms with E-state index in [4.69, 9.17) is 4.74 Å². The molecule has 0 saturated carbocycles. The van der Waals surface area contributed by atoms with Crippen molar-refractivity contribution in [3.05, 3.63) is 24.0 Å². The predicted molar refractivity (Wildman–Crippen MR) is 47.4 cm³/mol. The van der Waals surface area contributed by atoms with Crippen LogP contribution in [0.25, 0.3) is 0 Å². The van der Waals surface area contributed by atoms with Crippen molar-refractivity contribution in [3.63, 3.8) is 0 Å². The molecule has 0 fully saturated rings. The summed E-state index contributed by atoms with van der Waals surface area (Å²) in [4.78, 5) is 11.5. The molecular formula is C9H10FNO2. The summed E-state index contributed by atoms with van der Waals surface area (Å²) < 4.78 is 18.0. The van der Waals surface area contributed by atoms with Gasteiger partial charge in [-0.05, 0) is 12.1 Å². The van der Waals surface area contributed by atoms with E-state index in [0.717, 1.165) is 4.90 Å². The van der Waals surface area contributed by atoms with Crippen molar-refractivity contribution in [3.8, 4) is 5.75 Å². The molecular weight excluding hydrogens is 173 g/mol. The van der Waals surface area contributed by atoms with E-state index in [9.17, 15) is 9.18 Å². The van der Waals surface area contributed by atoms with Crippen LogP contribution in [0.1, 0.15) is 0 Å². The topological polar surface area (TPSA) is 29.5 Å². The maximum absolute atomic E-state index is 13.2. The first kappa shape index (κ1) is 9.51. The van der Waals surface area contributed by atoms with E-state index in [1.54, 1.807) is 6.07 Å². The highest BCUT2D eigenvalue weighted by atomic mass is 19.1. The minimum atomic E-state index is -0.478. The van der Waals surface area contributed by atoms with Crippen LogP contribution in [-0.4, -0.2) is 20.6 Å². The molecule has 0 aromatic heterocycles. The second-order valence-electron chi connectivity index (χ2n) is 2.53. The lowest BCUT2D eigenvalue weighted by molar-refractivity contribution is -0.107. The van der Waals surface area contributed by atoms with Crippen molar-refractivity contribution < 1.29 is 13.9 Å². The van der Waals surface area contributed by atoms with Crippen molar-refractivity contribution in [1.82, 2.24) is 0 Å². The molecule has 0 bridgehead atoms. The Kier molecular flexibility index (Phi) is 2.84. The predicted octanol–water partition coefficient (Wildman–Crippen LogP) is 1.43. The van der Waals surface area contributed by atoms with Crippen LogP contribution >= 0.6 is 0 Å². The maximum atomic E-state index is 13.2. The van der Waals surface area contributed by atoms with Crippen molar-refractivity contribution in [1.29, 1.82) is 0 Å². The molecule has 1 aromatic rings. The highest BCUT2D eigenvalue weighted by Crippen LogP contribution is 2.21. The van der Waals surface area contributed by atoms with Crippen LogP contribution in [0, 0.1) is 5.82 Å². The third-order valence-electron chi connectivity index (χ3n) is 1.69. The van der Waals surface area contributed by atoms with Crippen LogP contribution < -0.4 is 9.64 Å². The minimum absolute atomic E-state index is 0.232. The highest BCUT2D eigenvalue weighted by Gasteiger charge is 2.06. The Morgan fingerprint density at radius 2 is 2.23 bits per heavy atom. The van der Waals surface area contributed by atoms with E-state index in [-0.39, 0.29) is 5.69 Å². The zero-order valence-corrected chi connectivity index (χ0v) is 7.45. The molecule has 4 heteroatoms. The molecule has 1 aromatic carbocycles. The number of amides is 1. The van der Waals surface area contributed by atoms with Crippen molar-refractivity contribution in [2.24, 2.45) is 0 Å². The van der Waals surface area contributed by atoms with E-state index in [1.807, 2.05) is 0 Å². The van der Waals surface area contributed by atoms with Gasteiger partial charge in [0.25, 0.3) is 0 Å². The normalized spacial score (nSPS) is 9.46. The van der Waals surface area contributed by atoms with Gasteiger partial charge in [0.2, 0.25) is 6.41 Å². The molecule has 0 aliphatic heterocycles. The number of methoxy groups -OCH3 is 1. The van der Waals surface area contributed by atoms with Gasteiger partial charge < -0.3 is 9.64 Å². The fourth-order valence-corrected chi connectivity index (χ4v) is 0.957. The average molecular weight is 183 g/mol. The van der Waals surface area contributed by atoms with Crippen LogP contribution in [0.3, 0.4) is 0 Å². The van der Waals surface area contributed by atoms with Gasteiger partial charge in [0.05, 0.1) is 12.8 Å². The number of benzene rings is 1. The van der Waals surface area contributed by atoms with Crippen LogP contribution in [0.4, 0.5) is 10.1 Å². The summed E-state index contributed by atoms with van der Waals surface area (Å²) in [6.07, 6.45) is 0.547. The van der Waals surface area contributed by atoms with Crippen LogP contribution in [-0.2, 0) is 4.79 Å². The number of ether oxygens (including phenoxy) is 1. The molecule has 3 nitrogen and oxygen atoms in total. The molecule has 0 heterocycles. The Bertz CT molecular complexity index is 314.